The van der Waals surface area contributed by atoms with Crippen molar-refractivity contribution in [3.8, 4) is 11.3 Å². The molecule has 1 spiro atoms. The molecule has 32 heavy (non-hydrogen) atoms. The largest absolute Gasteiger partial charge is 0.469 e. The molecule has 1 amide bonds. The number of methoxy groups -OCH3 is 1. The van der Waals surface area contributed by atoms with Crippen LogP contribution in [-0.2, 0) is 19.1 Å². The van der Waals surface area contributed by atoms with E-state index in [0.717, 1.165) is 36.5 Å². The zero-order chi connectivity index (χ0) is 22.9. The Morgan fingerprint density at radius 2 is 2.06 bits per heavy atom. The summed E-state index contributed by atoms with van der Waals surface area (Å²) >= 11 is 0. The minimum atomic E-state index is -0.437. The van der Waals surface area contributed by atoms with Gasteiger partial charge in [0.05, 0.1) is 49.5 Å². The van der Waals surface area contributed by atoms with Crippen molar-refractivity contribution in [3.05, 3.63) is 41.9 Å². The second kappa shape index (κ2) is 9.06. The van der Waals surface area contributed by atoms with Gasteiger partial charge in [-0.25, -0.2) is 4.98 Å². The highest BCUT2D eigenvalue weighted by molar-refractivity contribution is 5.84. The molecule has 2 aliphatic rings. The number of H-pyrrole nitrogens is 1. The Labute approximate surface area is 189 Å². The highest BCUT2D eigenvalue weighted by atomic mass is 16.5. The van der Waals surface area contributed by atoms with Crippen LogP contribution in [0.15, 0.2) is 30.5 Å². The van der Waals surface area contributed by atoms with Gasteiger partial charge in [-0.3, -0.25) is 9.59 Å². The lowest BCUT2D eigenvalue weighted by Crippen LogP contribution is -2.41. The van der Waals surface area contributed by atoms with Gasteiger partial charge in [-0.15, -0.1) is 0 Å². The van der Waals surface area contributed by atoms with E-state index < -0.39 is 5.92 Å². The van der Waals surface area contributed by atoms with E-state index in [0.29, 0.717) is 13.0 Å². The van der Waals surface area contributed by atoms with Gasteiger partial charge in [-0.2, -0.15) is 0 Å². The first-order chi connectivity index (χ1) is 15.3. The summed E-state index contributed by atoms with van der Waals surface area (Å²) in [6.07, 6.45) is 4.55. The molecule has 4 rings (SSSR count). The van der Waals surface area contributed by atoms with Gasteiger partial charge in [-0.05, 0) is 31.2 Å². The lowest BCUT2D eigenvalue weighted by Gasteiger charge is -2.29. The van der Waals surface area contributed by atoms with Crippen molar-refractivity contribution in [1.29, 1.82) is 0 Å². The van der Waals surface area contributed by atoms with Gasteiger partial charge in [0.1, 0.15) is 5.82 Å². The number of amides is 1. The van der Waals surface area contributed by atoms with Gasteiger partial charge < -0.3 is 19.4 Å². The smallest absolute Gasteiger partial charge is 0.306 e. The zero-order valence-corrected chi connectivity index (χ0v) is 19.4. The second-order valence-electron chi connectivity index (χ2n) is 9.50. The Balaban J connectivity index is 1.63. The van der Waals surface area contributed by atoms with Gasteiger partial charge in [0.25, 0.3) is 0 Å². The lowest BCUT2D eigenvalue weighted by molar-refractivity contribution is -0.148. The average Bonchev–Trinajstić information content (AvgIpc) is 3.52. The van der Waals surface area contributed by atoms with Gasteiger partial charge in [-0.1, -0.05) is 43.7 Å². The third-order valence-electron chi connectivity index (χ3n) is 6.88. The number of hydrogen-bond donors (Lipinski definition) is 1. The van der Waals surface area contributed by atoms with Crippen LogP contribution in [0.2, 0.25) is 0 Å². The number of esters is 1. The highest BCUT2D eigenvalue weighted by Gasteiger charge is 2.51. The Morgan fingerprint density at radius 1 is 1.31 bits per heavy atom. The van der Waals surface area contributed by atoms with Crippen LogP contribution in [0.4, 0.5) is 0 Å². The molecular formula is C25H33N3O4. The SMILES string of the molecule is COC(=O)C[C@H](C(=O)N1C[C@]2(CCCO2)C[C@H]1c1ncc(-c2ccc(C)cc2)[nH]1)C(C)C. The molecule has 2 fully saturated rings. The van der Waals surface area contributed by atoms with E-state index >= 15 is 0 Å². The summed E-state index contributed by atoms with van der Waals surface area (Å²) in [5.41, 5.74) is 2.86. The van der Waals surface area contributed by atoms with Crippen molar-refractivity contribution in [2.45, 2.75) is 58.1 Å². The molecule has 0 aliphatic carbocycles. The summed E-state index contributed by atoms with van der Waals surface area (Å²) in [6, 6.07) is 8.07. The number of aromatic amines is 1. The first-order valence-corrected chi connectivity index (χ1v) is 11.4. The van der Waals surface area contributed by atoms with E-state index in [-0.39, 0.29) is 35.9 Å². The zero-order valence-electron chi connectivity index (χ0n) is 19.4. The molecule has 2 aromatic rings. The van der Waals surface area contributed by atoms with Crippen molar-refractivity contribution >= 4 is 11.9 Å². The number of ether oxygens (including phenoxy) is 2. The molecule has 0 unspecified atom stereocenters. The van der Waals surface area contributed by atoms with E-state index in [1.54, 1.807) is 0 Å². The van der Waals surface area contributed by atoms with Crippen LogP contribution in [0.25, 0.3) is 11.3 Å². The van der Waals surface area contributed by atoms with Crippen molar-refractivity contribution < 1.29 is 19.1 Å². The Bertz CT molecular complexity index is 960. The molecule has 2 saturated heterocycles. The van der Waals surface area contributed by atoms with E-state index in [2.05, 4.69) is 41.2 Å². The molecule has 1 aromatic heterocycles. The molecule has 7 nitrogen and oxygen atoms in total. The van der Waals surface area contributed by atoms with Crippen molar-refractivity contribution in [2.24, 2.45) is 11.8 Å². The number of rotatable bonds is 6. The lowest BCUT2D eigenvalue weighted by atomic mass is 9.90. The first kappa shape index (κ1) is 22.5. The van der Waals surface area contributed by atoms with Crippen molar-refractivity contribution in [1.82, 2.24) is 14.9 Å². The monoisotopic (exact) mass is 439 g/mol. The third kappa shape index (κ3) is 4.44. The maximum absolute atomic E-state index is 13.7. The molecule has 7 heteroatoms. The Morgan fingerprint density at radius 3 is 2.69 bits per heavy atom. The van der Waals surface area contributed by atoms with E-state index in [4.69, 9.17) is 9.47 Å². The number of carbonyl (C=O) groups is 2. The molecule has 0 saturated carbocycles. The van der Waals surface area contributed by atoms with Crippen LogP contribution >= 0.6 is 0 Å². The van der Waals surface area contributed by atoms with Gasteiger partial charge in [0.15, 0.2) is 0 Å². The van der Waals surface area contributed by atoms with E-state index in [1.807, 2.05) is 24.9 Å². The number of likely N-dealkylation sites (tertiary alicyclic amines) is 1. The number of aryl methyl sites for hydroxylation is 1. The summed E-state index contributed by atoms with van der Waals surface area (Å²) in [5, 5.41) is 0. The number of hydrogen-bond acceptors (Lipinski definition) is 5. The summed E-state index contributed by atoms with van der Waals surface area (Å²) < 4.78 is 11.0. The fourth-order valence-electron chi connectivity index (χ4n) is 4.93. The predicted octanol–water partition coefficient (Wildman–Crippen LogP) is 4.04. The predicted molar refractivity (Wildman–Crippen MR) is 121 cm³/mol. The summed E-state index contributed by atoms with van der Waals surface area (Å²) in [7, 11) is 1.36. The first-order valence-electron chi connectivity index (χ1n) is 11.4. The molecular weight excluding hydrogens is 406 g/mol. The molecule has 3 atom stereocenters. The van der Waals surface area contributed by atoms with Crippen LogP contribution in [0.1, 0.15) is 57.0 Å². The normalized spacial score (nSPS) is 23.8. The summed E-state index contributed by atoms with van der Waals surface area (Å²) in [6.45, 7) is 7.26. The number of carbonyl (C=O) groups excluding carboxylic acids is 2. The number of nitrogens with one attached hydrogen (secondary N) is 1. The number of imidazole rings is 1. The highest BCUT2D eigenvalue weighted by Crippen LogP contribution is 2.45. The van der Waals surface area contributed by atoms with Crippen molar-refractivity contribution in [2.75, 3.05) is 20.3 Å². The molecule has 0 radical (unpaired) electrons. The van der Waals surface area contributed by atoms with Crippen LogP contribution < -0.4 is 0 Å². The Hall–Kier alpha value is -2.67. The van der Waals surface area contributed by atoms with E-state index in [9.17, 15) is 9.59 Å². The number of nitrogens with zero attached hydrogens (tertiary/aromatic N) is 2. The quantitative estimate of drug-likeness (QED) is 0.687. The average molecular weight is 440 g/mol. The molecule has 0 bridgehead atoms. The molecule has 2 aliphatic heterocycles. The Kier molecular flexibility index (Phi) is 6.38. The van der Waals surface area contributed by atoms with Crippen LogP contribution in [0.5, 0.6) is 0 Å². The fraction of sp³-hybridized carbons (Fsp3) is 0.560. The fourth-order valence-corrected chi connectivity index (χ4v) is 4.93. The molecule has 1 aromatic carbocycles. The van der Waals surface area contributed by atoms with Gasteiger partial charge >= 0.3 is 5.97 Å². The molecule has 172 valence electrons. The van der Waals surface area contributed by atoms with Crippen LogP contribution in [0.3, 0.4) is 0 Å². The molecule has 3 heterocycles. The summed E-state index contributed by atoms with van der Waals surface area (Å²) in [4.78, 5) is 35.7. The topological polar surface area (TPSA) is 84.5 Å². The standard InChI is InChI=1S/C25H33N3O4/c1-16(2)19(12-22(29)31-4)24(30)28-15-25(10-5-11-32-25)13-21(28)23-26-14-20(27-23)18-8-6-17(3)7-9-18/h6-9,14,16,19,21H,5,10-13,15H2,1-4H3,(H,26,27)/t19-,21-,25-/m0/s1. The maximum atomic E-state index is 13.7. The van der Waals surface area contributed by atoms with Gasteiger partial charge in [0, 0.05) is 13.0 Å². The van der Waals surface area contributed by atoms with Crippen molar-refractivity contribution in [3.63, 3.8) is 0 Å². The maximum Gasteiger partial charge on any atom is 0.306 e. The minimum Gasteiger partial charge on any atom is -0.469 e. The van der Waals surface area contributed by atoms with Crippen LogP contribution in [-0.4, -0.2) is 52.6 Å². The van der Waals surface area contributed by atoms with E-state index in [1.165, 1.54) is 12.7 Å². The minimum absolute atomic E-state index is 0.0167. The second-order valence-corrected chi connectivity index (χ2v) is 9.50. The third-order valence-corrected chi connectivity index (χ3v) is 6.88. The van der Waals surface area contributed by atoms with Crippen LogP contribution in [0, 0.1) is 18.8 Å². The number of aromatic nitrogens is 2. The van der Waals surface area contributed by atoms with Gasteiger partial charge in [0.2, 0.25) is 5.91 Å². The molecule has 1 N–H and O–H groups in total. The summed E-state index contributed by atoms with van der Waals surface area (Å²) in [5.74, 6) is -0.0479. The number of benzene rings is 1.